The molecule has 4 nitrogen and oxygen atoms in total. The molecule has 0 amide bonds. The number of nitrogens with one attached hydrogen (secondary N) is 1. The van der Waals surface area contributed by atoms with Gasteiger partial charge < -0.3 is 15.8 Å². The molecule has 2 heterocycles. The third-order valence-corrected chi connectivity index (χ3v) is 6.99. The van der Waals surface area contributed by atoms with E-state index in [4.69, 9.17) is 5.73 Å². The van der Waals surface area contributed by atoms with Gasteiger partial charge in [-0.2, -0.15) is 0 Å². The Morgan fingerprint density at radius 3 is 2.68 bits per heavy atom. The smallest absolute Gasteiger partial charge is 0.266 e. The van der Waals surface area contributed by atoms with Gasteiger partial charge in [0.15, 0.2) is 0 Å². The van der Waals surface area contributed by atoms with E-state index >= 15 is 0 Å². The number of phenols is 1. The minimum absolute atomic E-state index is 0.0807. The number of aromatic amines is 1. The van der Waals surface area contributed by atoms with Crippen LogP contribution in [0.25, 0.3) is 32.1 Å². The molecule has 142 valence electrons. The lowest BCUT2D eigenvalue weighted by Gasteiger charge is -2.17. The van der Waals surface area contributed by atoms with Crippen LogP contribution < -0.4 is 11.3 Å². The maximum Gasteiger partial charge on any atom is 0.266 e. The molecule has 28 heavy (non-hydrogen) atoms. The SMILES string of the molecule is Cc1cc(O)c(-c2ccc([C@@H]3CCC[C@@H]3N)cc2)c2c1[nH]c(=O)c1sccc12. The van der Waals surface area contributed by atoms with Gasteiger partial charge in [-0.25, -0.2) is 0 Å². The summed E-state index contributed by atoms with van der Waals surface area (Å²) in [7, 11) is 0. The van der Waals surface area contributed by atoms with Gasteiger partial charge in [-0.1, -0.05) is 30.7 Å². The molecular weight excluding hydrogens is 368 g/mol. The van der Waals surface area contributed by atoms with Crippen molar-refractivity contribution in [2.24, 2.45) is 5.73 Å². The van der Waals surface area contributed by atoms with Gasteiger partial charge in [-0.05, 0) is 59.9 Å². The van der Waals surface area contributed by atoms with Crippen LogP contribution in [0, 0.1) is 6.92 Å². The van der Waals surface area contributed by atoms with Crippen LogP contribution in [0.5, 0.6) is 5.75 Å². The Morgan fingerprint density at radius 1 is 1.18 bits per heavy atom. The average molecular weight is 391 g/mol. The Hall–Kier alpha value is -2.63. The zero-order valence-corrected chi connectivity index (χ0v) is 16.5. The lowest BCUT2D eigenvalue weighted by molar-refractivity contribution is 0.477. The molecule has 0 saturated heterocycles. The summed E-state index contributed by atoms with van der Waals surface area (Å²) in [5.74, 6) is 0.646. The summed E-state index contributed by atoms with van der Waals surface area (Å²) in [6, 6.07) is 12.3. The van der Waals surface area contributed by atoms with Crippen LogP contribution in [0.1, 0.15) is 36.3 Å². The number of rotatable bonds is 2. The highest BCUT2D eigenvalue weighted by molar-refractivity contribution is 7.17. The first-order valence-electron chi connectivity index (χ1n) is 9.66. The molecule has 0 bridgehead atoms. The number of phenolic OH excluding ortho intramolecular Hbond substituents is 1. The van der Waals surface area contributed by atoms with Crippen molar-refractivity contribution in [2.45, 2.75) is 38.1 Å². The standard InChI is InChI=1S/C23H22N2O2S/c1-12-11-18(26)19(20-16-9-10-28-22(16)23(27)25-21(12)20)14-7-5-13(6-8-14)15-3-2-4-17(15)24/h5-11,15,17,26H,2-4,24H2,1H3,(H,25,27)/t15-,17-/m0/s1. The molecule has 1 aliphatic carbocycles. The monoisotopic (exact) mass is 390 g/mol. The normalized spacial score (nSPS) is 19.6. The lowest BCUT2D eigenvalue weighted by atomic mass is 9.91. The molecular formula is C23H22N2O2S. The van der Waals surface area contributed by atoms with E-state index in [0.29, 0.717) is 10.6 Å². The van der Waals surface area contributed by atoms with Crippen LogP contribution in [0.2, 0.25) is 0 Å². The Labute approximate surface area is 166 Å². The Morgan fingerprint density at radius 2 is 1.96 bits per heavy atom. The van der Waals surface area contributed by atoms with Crippen LogP contribution in [-0.4, -0.2) is 16.1 Å². The van der Waals surface area contributed by atoms with E-state index < -0.39 is 0 Å². The Kier molecular flexibility index (Phi) is 4.03. The van der Waals surface area contributed by atoms with Crippen molar-refractivity contribution in [3.05, 3.63) is 63.3 Å². The number of H-pyrrole nitrogens is 1. The maximum atomic E-state index is 12.4. The number of aryl methyl sites for hydroxylation is 1. The van der Waals surface area contributed by atoms with Gasteiger partial charge in [0.05, 0.1) is 5.52 Å². The fourth-order valence-electron chi connectivity index (χ4n) is 4.67. The number of nitrogens with two attached hydrogens (primary N) is 1. The summed E-state index contributed by atoms with van der Waals surface area (Å²) in [5, 5.41) is 14.5. The zero-order valence-electron chi connectivity index (χ0n) is 15.7. The molecule has 0 spiro atoms. The van der Waals surface area contributed by atoms with Crippen LogP contribution in [-0.2, 0) is 0 Å². The van der Waals surface area contributed by atoms with Gasteiger partial charge in [0, 0.05) is 22.4 Å². The van der Waals surface area contributed by atoms with E-state index in [2.05, 4.69) is 29.2 Å². The number of aromatic hydroxyl groups is 1. The average Bonchev–Trinajstić information content (AvgIpc) is 3.33. The Balaban J connectivity index is 1.75. The van der Waals surface area contributed by atoms with Crippen molar-refractivity contribution in [1.29, 1.82) is 0 Å². The summed E-state index contributed by atoms with van der Waals surface area (Å²) in [6.45, 7) is 1.91. The van der Waals surface area contributed by atoms with Gasteiger partial charge in [0.2, 0.25) is 0 Å². The minimum atomic E-state index is -0.0807. The predicted octanol–water partition coefficient (Wildman–Crippen LogP) is 5.02. The molecule has 0 unspecified atom stereocenters. The fourth-order valence-corrected chi connectivity index (χ4v) is 5.47. The number of pyridine rings is 1. The van der Waals surface area contributed by atoms with Crippen molar-refractivity contribution < 1.29 is 5.11 Å². The first-order valence-corrected chi connectivity index (χ1v) is 10.5. The van der Waals surface area contributed by atoms with E-state index in [0.717, 1.165) is 45.8 Å². The van der Waals surface area contributed by atoms with Crippen LogP contribution in [0.3, 0.4) is 0 Å². The summed E-state index contributed by atoms with van der Waals surface area (Å²) in [5.41, 5.74) is 10.8. The van der Waals surface area contributed by atoms with Crippen molar-refractivity contribution in [3.63, 3.8) is 0 Å². The van der Waals surface area contributed by atoms with Gasteiger partial charge in [0.25, 0.3) is 5.56 Å². The number of hydrogen-bond donors (Lipinski definition) is 3. The van der Waals surface area contributed by atoms with Crippen molar-refractivity contribution in [1.82, 2.24) is 4.98 Å². The minimum Gasteiger partial charge on any atom is -0.507 e. The van der Waals surface area contributed by atoms with Crippen molar-refractivity contribution in [3.8, 4) is 16.9 Å². The van der Waals surface area contributed by atoms with Gasteiger partial charge in [-0.15, -0.1) is 11.3 Å². The second-order valence-corrected chi connectivity index (χ2v) is 8.69. The maximum absolute atomic E-state index is 12.4. The number of aromatic nitrogens is 1. The molecule has 1 saturated carbocycles. The highest BCUT2D eigenvalue weighted by atomic mass is 32.1. The molecule has 0 radical (unpaired) electrons. The fraction of sp³-hybridized carbons (Fsp3) is 0.261. The number of hydrogen-bond acceptors (Lipinski definition) is 4. The van der Waals surface area contributed by atoms with E-state index in [9.17, 15) is 9.90 Å². The first kappa shape index (κ1) is 17.5. The quantitative estimate of drug-likeness (QED) is 0.450. The lowest BCUT2D eigenvalue weighted by Crippen LogP contribution is -2.22. The second-order valence-electron chi connectivity index (χ2n) is 7.78. The van der Waals surface area contributed by atoms with E-state index in [1.54, 1.807) is 6.07 Å². The molecule has 5 heteroatoms. The molecule has 2 aromatic carbocycles. The second kappa shape index (κ2) is 6.47. The summed E-state index contributed by atoms with van der Waals surface area (Å²) in [6.07, 6.45) is 3.40. The van der Waals surface area contributed by atoms with Crippen molar-refractivity contribution >= 4 is 32.3 Å². The third-order valence-electron chi connectivity index (χ3n) is 6.08. The molecule has 1 fully saturated rings. The van der Waals surface area contributed by atoms with E-state index in [1.807, 2.05) is 18.4 Å². The molecule has 4 aromatic rings. The molecule has 2 atom stereocenters. The number of fused-ring (bicyclic) bond motifs is 3. The third kappa shape index (κ3) is 2.58. The number of benzene rings is 2. The first-order chi connectivity index (χ1) is 13.5. The zero-order chi connectivity index (χ0) is 19.4. The predicted molar refractivity (Wildman–Crippen MR) is 116 cm³/mol. The van der Waals surface area contributed by atoms with Crippen LogP contribution in [0.4, 0.5) is 0 Å². The van der Waals surface area contributed by atoms with Gasteiger partial charge in [0.1, 0.15) is 10.4 Å². The van der Waals surface area contributed by atoms with E-state index in [-0.39, 0.29) is 17.4 Å². The van der Waals surface area contributed by atoms with Crippen LogP contribution >= 0.6 is 11.3 Å². The van der Waals surface area contributed by atoms with Crippen molar-refractivity contribution in [2.75, 3.05) is 0 Å². The topological polar surface area (TPSA) is 79.1 Å². The molecule has 1 aliphatic rings. The van der Waals surface area contributed by atoms with Gasteiger partial charge in [-0.3, -0.25) is 4.79 Å². The Bertz CT molecular complexity index is 1250. The largest absolute Gasteiger partial charge is 0.507 e. The molecule has 2 aromatic heterocycles. The number of thiophene rings is 1. The molecule has 5 rings (SSSR count). The molecule has 0 aliphatic heterocycles. The highest BCUT2D eigenvalue weighted by Gasteiger charge is 2.25. The van der Waals surface area contributed by atoms with Crippen LogP contribution in [0.15, 0.2) is 46.6 Å². The highest BCUT2D eigenvalue weighted by Crippen LogP contribution is 2.42. The summed E-state index contributed by atoms with van der Waals surface area (Å²) < 4.78 is 0.687. The summed E-state index contributed by atoms with van der Waals surface area (Å²) >= 11 is 1.42. The van der Waals surface area contributed by atoms with E-state index in [1.165, 1.54) is 23.3 Å². The van der Waals surface area contributed by atoms with Gasteiger partial charge >= 0.3 is 0 Å². The molecule has 4 N–H and O–H groups in total. The summed E-state index contributed by atoms with van der Waals surface area (Å²) in [4.78, 5) is 15.5.